The standard InChI is InChI=1S/C11H13NO/c1-9(2)11(13)10-6-4-3-5-7-12-8-10/h4-5,7-9H,6H2,1-2H3/b10-8+,12-7-. The predicted octanol–water partition coefficient (Wildman–Crippen LogP) is 2.28. The summed E-state index contributed by atoms with van der Waals surface area (Å²) >= 11 is 0. The van der Waals surface area contributed by atoms with E-state index in [4.69, 9.17) is 0 Å². The van der Waals surface area contributed by atoms with E-state index in [2.05, 4.69) is 10.7 Å². The molecule has 0 N–H and O–H groups in total. The van der Waals surface area contributed by atoms with E-state index in [1.807, 2.05) is 19.9 Å². The largest absolute Gasteiger partial charge is 0.294 e. The molecule has 2 nitrogen and oxygen atoms in total. The van der Waals surface area contributed by atoms with Crippen LogP contribution in [0.3, 0.4) is 0 Å². The molecule has 0 spiro atoms. The Morgan fingerprint density at radius 3 is 3.08 bits per heavy atom. The first kappa shape index (κ1) is 9.69. The molecule has 1 heterocycles. The first-order valence-electron chi connectivity index (χ1n) is 4.38. The molecule has 0 radical (unpaired) electrons. The molecule has 0 aliphatic carbocycles. The first-order chi connectivity index (χ1) is 6.22. The van der Waals surface area contributed by atoms with Crippen molar-refractivity contribution in [2.24, 2.45) is 10.9 Å². The number of allylic oxidation sites excluding steroid dienone is 2. The zero-order chi connectivity index (χ0) is 9.68. The minimum atomic E-state index is 0.0401. The number of hydrogen-bond acceptors (Lipinski definition) is 2. The van der Waals surface area contributed by atoms with E-state index in [0.29, 0.717) is 6.42 Å². The number of ketones is 1. The normalized spacial score (nSPS) is 21.9. The van der Waals surface area contributed by atoms with Crippen LogP contribution in [-0.2, 0) is 4.79 Å². The Morgan fingerprint density at radius 2 is 2.38 bits per heavy atom. The SMILES string of the molecule is CC(C)C(=O)/C1=C/N=C\C=C=CC1. The number of carbonyl (C=O) groups excluding carboxylic acids is 1. The zero-order valence-electron chi connectivity index (χ0n) is 7.95. The number of Topliss-reactive ketones (excluding diaryl/α,β-unsaturated/α-hetero) is 1. The van der Waals surface area contributed by atoms with E-state index in [-0.39, 0.29) is 11.7 Å². The zero-order valence-corrected chi connectivity index (χ0v) is 7.95. The number of carbonyl (C=O) groups is 1. The van der Waals surface area contributed by atoms with Crippen molar-refractivity contribution in [1.82, 2.24) is 0 Å². The predicted molar refractivity (Wildman–Crippen MR) is 53.7 cm³/mol. The second kappa shape index (κ2) is 4.58. The Hall–Kier alpha value is -1.40. The van der Waals surface area contributed by atoms with Crippen LogP contribution in [0.5, 0.6) is 0 Å². The van der Waals surface area contributed by atoms with Gasteiger partial charge in [0.2, 0.25) is 0 Å². The molecule has 0 unspecified atom stereocenters. The Bertz CT molecular complexity index is 315. The van der Waals surface area contributed by atoms with Crippen LogP contribution in [0.25, 0.3) is 0 Å². The van der Waals surface area contributed by atoms with Crippen molar-refractivity contribution < 1.29 is 4.79 Å². The van der Waals surface area contributed by atoms with Gasteiger partial charge in [0.05, 0.1) is 0 Å². The first-order valence-corrected chi connectivity index (χ1v) is 4.38. The minimum absolute atomic E-state index is 0.0401. The Balaban J connectivity index is 2.81. The van der Waals surface area contributed by atoms with Crippen molar-refractivity contribution in [2.45, 2.75) is 20.3 Å². The molecule has 0 aromatic rings. The molecule has 13 heavy (non-hydrogen) atoms. The highest BCUT2D eigenvalue weighted by Crippen LogP contribution is 2.11. The van der Waals surface area contributed by atoms with E-state index in [9.17, 15) is 4.79 Å². The fraction of sp³-hybridized carbons (Fsp3) is 0.364. The third-order valence-corrected chi connectivity index (χ3v) is 1.77. The van der Waals surface area contributed by atoms with Gasteiger partial charge in [-0.05, 0) is 12.2 Å². The summed E-state index contributed by atoms with van der Waals surface area (Å²) in [5.74, 6) is 0.204. The van der Waals surface area contributed by atoms with Gasteiger partial charge in [0.1, 0.15) is 0 Å². The van der Waals surface area contributed by atoms with E-state index in [1.165, 1.54) is 0 Å². The van der Waals surface area contributed by atoms with Crippen LogP contribution >= 0.6 is 0 Å². The van der Waals surface area contributed by atoms with Crippen molar-refractivity contribution >= 4 is 12.0 Å². The van der Waals surface area contributed by atoms with Crippen LogP contribution in [0.2, 0.25) is 0 Å². The maximum atomic E-state index is 11.6. The maximum absolute atomic E-state index is 11.6. The molecule has 1 rings (SSSR count). The molecule has 68 valence electrons. The van der Waals surface area contributed by atoms with E-state index in [0.717, 1.165) is 5.57 Å². The number of hydrogen-bond donors (Lipinski definition) is 0. The summed E-state index contributed by atoms with van der Waals surface area (Å²) in [6.45, 7) is 3.79. The van der Waals surface area contributed by atoms with E-state index in [1.54, 1.807) is 18.5 Å². The summed E-state index contributed by atoms with van der Waals surface area (Å²) < 4.78 is 0. The molecule has 0 amide bonds. The number of nitrogens with zero attached hydrogens (tertiary/aromatic N) is 1. The second-order valence-electron chi connectivity index (χ2n) is 3.21. The smallest absolute Gasteiger partial charge is 0.163 e. The Morgan fingerprint density at radius 1 is 1.62 bits per heavy atom. The maximum Gasteiger partial charge on any atom is 0.163 e. The molecular weight excluding hydrogens is 162 g/mol. The van der Waals surface area contributed by atoms with E-state index >= 15 is 0 Å². The second-order valence-corrected chi connectivity index (χ2v) is 3.21. The molecular formula is C11H13NO. The fourth-order valence-corrected chi connectivity index (χ4v) is 1.04. The van der Waals surface area contributed by atoms with Crippen molar-refractivity contribution in [3.05, 3.63) is 29.7 Å². The number of aliphatic imine (C=N–C) groups is 1. The summed E-state index contributed by atoms with van der Waals surface area (Å²) in [5.41, 5.74) is 3.67. The summed E-state index contributed by atoms with van der Waals surface area (Å²) in [5, 5.41) is 0. The number of rotatable bonds is 2. The Kier molecular flexibility index (Phi) is 3.41. The van der Waals surface area contributed by atoms with Crippen LogP contribution < -0.4 is 0 Å². The molecule has 1 aliphatic heterocycles. The van der Waals surface area contributed by atoms with Gasteiger partial charge in [0.25, 0.3) is 0 Å². The van der Waals surface area contributed by atoms with Crippen LogP contribution in [-0.4, -0.2) is 12.0 Å². The van der Waals surface area contributed by atoms with Crippen LogP contribution in [0.15, 0.2) is 34.6 Å². The topological polar surface area (TPSA) is 29.4 Å². The summed E-state index contributed by atoms with van der Waals surface area (Å²) in [7, 11) is 0. The van der Waals surface area contributed by atoms with Gasteiger partial charge in [0, 0.05) is 30.3 Å². The molecule has 0 atom stereocenters. The lowest BCUT2D eigenvalue weighted by Crippen LogP contribution is -2.09. The molecule has 1 aliphatic rings. The minimum Gasteiger partial charge on any atom is -0.294 e. The van der Waals surface area contributed by atoms with Gasteiger partial charge in [-0.3, -0.25) is 9.79 Å². The van der Waals surface area contributed by atoms with Crippen molar-refractivity contribution in [2.75, 3.05) is 0 Å². The van der Waals surface area contributed by atoms with Gasteiger partial charge in [-0.25, -0.2) is 0 Å². The molecule has 0 bridgehead atoms. The molecule has 0 fully saturated rings. The highest BCUT2D eigenvalue weighted by Gasteiger charge is 2.11. The van der Waals surface area contributed by atoms with Crippen LogP contribution in [0, 0.1) is 5.92 Å². The molecule has 0 aromatic heterocycles. The fourth-order valence-electron chi connectivity index (χ4n) is 1.04. The third-order valence-electron chi connectivity index (χ3n) is 1.77. The summed E-state index contributed by atoms with van der Waals surface area (Å²) in [4.78, 5) is 15.5. The van der Waals surface area contributed by atoms with Gasteiger partial charge < -0.3 is 0 Å². The van der Waals surface area contributed by atoms with Crippen LogP contribution in [0.4, 0.5) is 0 Å². The quantitative estimate of drug-likeness (QED) is 0.592. The van der Waals surface area contributed by atoms with Gasteiger partial charge >= 0.3 is 0 Å². The molecule has 0 saturated carbocycles. The van der Waals surface area contributed by atoms with E-state index < -0.39 is 0 Å². The molecule has 0 saturated heterocycles. The summed E-state index contributed by atoms with van der Waals surface area (Å²) in [6.07, 6.45) is 7.47. The summed E-state index contributed by atoms with van der Waals surface area (Å²) in [6, 6.07) is 0. The highest BCUT2D eigenvalue weighted by molar-refractivity contribution is 5.97. The third kappa shape index (κ3) is 2.85. The van der Waals surface area contributed by atoms with Crippen LogP contribution in [0.1, 0.15) is 20.3 Å². The lowest BCUT2D eigenvalue weighted by atomic mass is 9.99. The van der Waals surface area contributed by atoms with Gasteiger partial charge in [-0.1, -0.05) is 13.8 Å². The highest BCUT2D eigenvalue weighted by atomic mass is 16.1. The average Bonchev–Trinajstić information content (AvgIpc) is 2.02. The molecule has 2 heteroatoms. The van der Waals surface area contributed by atoms with Crippen molar-refractivity contribution in [1.29, 1.82) is 0 Å². The monoisotopic (exact) mass is 175 g/mol. The van der Waals surface area contributed by atoms with Crippen molar-refractivity contribution in [3.8, 4) is 0 Å². The van der Waals surface area contributed by atoms with Gasteiger partial charge in [0.15, 0.2) is 5.78 Å². The lowest BCUT2D eigenvalue weighted by molar-refractivity contribution is -0.118. The van der Waals surface area contributed by atoms with Gasteiger partial charge in [-0.15, -0.1) is 5.73 Å². The van der Waals surface area contributed by atoms with Crippen molar-refractivity contribution in [3.63, 3.8) is 0 Å². The average molecular weight is 175 g/mol. The molecule has 0 aromatic carbocycles. The lowest BCUT2D eigenvalue weighted by Gasteiger charge is -2.05. The van der Waals surface area contributed by atoms with Gasteiger partial charge in [-0.2, -0.15) is 0 Å². The Labute approximate surface area is 78.4 Å².